The van der Waals surface area contributed by atoms with Crippen LogP contribution in [0.5, 0.6) is 0 Å². The first-order chi connectivity index (χ1) is 9.38. The maximum atomic E-state index is 12.8. The van der Waals surface area contributed by atoms with Gasteiger partial charge in [-0.15, -0.1) is 0 Å². The van der Waals surface area contributed by atoms with Crippen molar-refractivity contribution in [2.75, 3.05) is 13.1 Å². The monoisotopic (exact) mass is 278 g/mol. The van der Waals surface area contributed by atoms with E-state index in [2.05, 4.69) is 25.8 Å². The molecule has 0 N–H and O–H groups in total. The molecule has 1 atom stereocenters. The van der Waals surface area contributed by atoms with Gasteiger partial charge >= 0.3 is 0 Å². The van der Waals surface area contributed by atoms with E-state index in [0.717, 1.165) is 32.4 Å². The van der Waals surface area contributed by atoms with Gasteiger partial charge in [0.25, 0.3) is 5.91 Å². The number of pyridine rings is 1. The van der Waals surface area contributed by atoms with Crippen LogP contribution < -0.4 is 0 Å². The Kier molecular flexibility index (Phi) is 4.41. The Morgan fingerprint density at radius 2 is 2.05 bits per heavy atom. The van der Waals surface area contributed by atoms with Gasteiger partial charge in [0.1, 0.15) is 0 Å². The van der Waals surface area contributed by atoms with Crippen LogP contribution in [0.25, 0.3) is 0 Å². The summed E-state index contributed by atoms with van der Waals surface area (Å²) in [4.78, 5) is 17.8. The maximum Gasteiger partial charge on any atom is 0.255 e. The lowest BCUT2D eigenvalue weighted by atomic mass is 9.77. The van der Waals surface area contributed by atoms with E-state index in [9.17, 15) is 9.18 Å². The highest BCUT2D eigenvalue weighted by molar-refractivity contribution is 5.93. The number of carbonyl (C=O) groups excluding carboxylic acids is 1. The summed E-state index contributed by atoms with van der Waals surface area (Å²) >= 11 is 0. The van der Waals surface area contributed by atoms with Crippen LogP contribution in [0.15, 0.2) is 18.3 Å². The zero-order valence-corrected chi connectivity index (χ0v) is 12.5. The van der Waals surface area contributed by atoms with Crippen LogP contribution in [-0.2, 0) is 0 Å². The Morgan fingerprint density at radius 1 is 1.30 bits per heavy atom. The number of aromatic nitrogens is 1. The topological polar surface area (TPSA) is 33.2 Å². The third-order valence-electron chi connectivity index (χ3n) is 4.21. The van der Waals surface area contributed by atoms with Gasteiger partial charge in [0.2, 0.25) is 5.95 Å². The van der Waals surface area contributed by atoms with Crippen molar-refractivity contribution in [3.63, 3.8) is 0 Å². The van der Waals surface area contributed by atoms with E-state index in [1.165, 1.54) is 18.3 Å². The zero-order chi connectivity index (χ0) is 14.8. The number of amides is 1. The predicted molar refractivity (Wildman–Crippen MR) is 76.9 cm³/mol. The number of hydrogen-bond acceptors (Lipinski definition) is 2. The fourth-order valence-electron chi connectivity index (χ4n) is 2.85. The number of rotatable bonds is 1. The van der Waals surface area contributed by atoms with Gasteiger partial charge in [-0.1, -0.05) is 20.8 Å². The molecule has 3 nitrogen and oxygen atoms in total. The number of nitrogens with zero attached hydrogens (tertiary/aromatic N) is 2. The molecule has 0 spiro atoms. The molecule has 0 radical (unpaired) electrons. The number of carbonyl (C=O) groups is 1. The molecule has 1 aromatic rings. The normalized spacial score (nSPS) is 20.6. The summed E-state index contributed by atoms with van der Waals surface area (Å²) in [5.74, 6) is 0.0592. The summed E-state index contributed by atoms with van der Waals surface area (Å²) in [6.45, 7) is 8.35. The Morgan fingerprint density at radius 3 is 2.65 bits per heavy atom. The van der Waals surface area contributed by atoms with Crippen LogP contribution in [0.1, 0.15) is 50.4 Å². The lowest BCUT2D eigenvalue weighted by Gasteiger charge is -2.29. The van der Waals surface area contributed by atoms with Crippen LogP contribution in [-0.4, -0.2) is 28.9 Å². The molecule has 110 valence electrons. The Hall–Kier alpha value is -1.45. The minimum atomic E-state index is -0.551. The van der Waals surface area contributed by atoms with E-state index in [-0.39, 0.29) is 11.3 Å². The van der Waals surface area contributed by atoms with Crippen molar-refractivity contribution in [2.45, 2.75) is 40.0 Å². The summed E-state index contributed by atoms with van der Waals surface area (Å²) in [6, 6.07) is 2.75. The van der Waals surface area contributed by atoms with Gasteiger partial charge in [0.05, 0.1) is 5.56 Å². The van der Waals surface area contributed by atoms with Crippen LogP contribution in [0, 0.1) is 17.3 Å². The van der Waals surface area contributed by atoms with E-state index in [0.29, 0.717) is 11.5 Å². The first-order valence-electron chi connectivity index (χ1n) is 7.29. The Balaban J connectivity index is 2.03. The molecule has 20 heavy (non-hydrogen) atoms. The first-order valence-corrected chi connectivity index (χ1v) is 7.29. The van der Waals surface area contributed by atoms with Gasteiger partial charge in [-0.05, 0) is 42.7 Å². The second-order valence-electron chi connectivity index (χ2n) is 6.66. The van der Waals surface area contributed by atoms with Crippen molar-refractivity contribution >= 4 is 5.91 Å². The van der Waals surface area contributed by atoms with Crippen LogP contribution in [0.2, 0.25) is 0 Å². The summed E-state index contributed by atoms with van der Waals surface area (Å²) in [7, 11) is 0. The number of hydrogen-bond donors (Lipinski definition) is 0. The molecule has 1 saturated heterocycles. The second-order valence-corrected chi connectivity index (χ2v) is 6.66. The predicted octanol–water partition coefficient (Wildman–Crippen LogP) is 3.51. The standard InChI is InChI=1S/C16H23FN2O/c1-16(2,3)13-5-4-9-19(10-8-13)15(20)12-6-7-14(17)18-11-12/h6-7,11,13H,4-5,8-10H2,1-3H3. The zero-order valence-electron chi connectivity index (χ0n) is 12.5. The van der Waals surface area contributed by atoms with E-state index < -0.39 is 5.95 Å². The smallest absolute Gasteiger partial charge is 0.255 e. The number of likely N-dealkylation sites (tertiary alicyclic amines) is 1. The summed E-state index contributed by atoms with van der Waals surface area (Å²) in [6.07, 6.45) is 4.55. The van der Waals surface area contributed by atoms with E-state index >= 15 is 0 Å². The van der Waals surface area contributed by atoms with Crippen molar-refractivity contribution in [3.8, 4) is 0 Å². The highest BCUT2D eigenvalue weighted by atomic mass is 19.1. The van der Waals surface area contributed by atoms with Crippen LogP contribution in [0.4, 0.5) is 4.39 Å². The Bertz CT molecular complexity index is 464. The van der Waals surface area contributed by atoms with Crippen LogP contribution >= 0.6 is 0 Å². The highest BCUT2D eigenvalue weighted by Gasteiger charge is 2.28. The Labute approximate surface area is 120 Å². The van der Waals surface area contributed by atoms with Gasteiger partial charge in [-0.2, -0.15) is 4.39 Å². The third kappa shape index (κ3) is 3.56. The molecule has 0 bridgehead atoms. The average molecular weight is 278 g/mol. The molecule has 1 aliphatic heterocycles. The first kappa shape index (κ1) is 14.9. The lowest BCUT2D eigenvalue weighted by molar-refractivity contribution is 0.0755. The van der Waals surface area contributed by atoms with Gasteiger partial charge in [0, 0.05) is 19.3 Å². The van der Waals surface area contributed by atoms with E-state index in [1.807, 2.05) is 4.90 Å². The fraction of sp³-hybridized carbons (Fsp3) is 0.625. The molecule has 1 aromatic heterocycles. The minimum Gasteiger partial charge on any atom is -0.339 e. The molecule has 1 amide bonds. The average Bonchev–Trinajstić information content (AvgIpc) is 2.64. The van der Waals surface area contributed by atoms with Crippen molar-refractivity contribution in [2.24, 2.45) is 11.3 Å². The molecular weight excluding hydrogens is 255 g/mol. The van der Waals surface area contributed by atoms with Crippen LogP contribution in [0.3, 0.4) is 0 Å². The minimum absolute atomic E-state index is 0.0351. The second kappa shape index (κ2) is 5.90. The van der Waals surface area contributed by atoms with Crippen molar-refractivity contribution in [1.82, 2.24) is 9.88 Å². The summed E-state index contributed by atoms with van der Waals surface area (Å²) < 4.78 is 12.8. The summed E-state index contributed by atoms with van der Waals surface area (Å²) in [5.41, 5.74) is 0.761. The molecule has 1 unspecified atom stereocenters. The molecule has 0 saturated carbocycles. The molecule has 1 aliphatic rings. The molecule has 2 heterocycles. The lowest BCUT2D eigenvalue weighted by Crippen LogP contribution is -2.32. The molecule has 2 rings (SSSR count). The van der Waals surface area contributed by atoms with E-state index in [4.69, 9.17) is 0 Å². The van der Waals surface area contributed by atoms with Crippen molar-refractivity contribution in [1.29, 1.82) is 0 Å². The fourth-order valence-corrected chi connectivity index (χ4v) is 2.85. The maximum absolute atomic E-state index is 12.8. The van der Waals surface area contributed by atoms with Gasteiger partial charge < -0.3 is 4.90 Å². The largest absolute Gasteiger partial charge is 0.339 e. The number of halogens is 1. The molecule has 4 heteroatoms. The summed E-state index contributed by atoms with van der Waals surface area (Å²) in [5, 5.41) is 0. The third-order valence-corrected chi connectivity index (χ3v) is 4.21. The van der Waals surface area contributed by atoms with Gasteiger partial charge in [0.15, 0.2) is 0 Å². The van der Waals surface area contributed by atoms with E-state index in [1.54, 1.807) is 0 Å². The van der Waals surface area contributed by atoms with Crippen molar-refractivity contribution < 1.29 is 9.18 Å². The molecule has 0 aromatic carbocycles. The van der Waals surface area contributed by atoms with Gasteiger partial charge in [-0.25, -0.2) is 4.98 Å². The highest BCUT2D eigenvalue weighted by Crippen LogP contribution is 2.34. The molecule has 0 aliphatic carbocycles. The quantitative estimate of drug-likeness (QED) is 0.736. The van der Waals surface area contributed by atoms with Crippen molar-refractivity contribution in [3.05, 3.63) is 29.8 Å². The van der Waals surface area contributed by atoms with Gasteiger partial charge in [-0.3, -0.25) is 4.79 Å². The molecule has 1 fully saturated rings. The molecular formula is C16H23FN2O. The SMILES string of the molecule is CC(C)(C)C1CCCN(C(=O)c2ccc(F)nc2)CC1.